The Balaban J connectivity index is 1.68. The molecule has 21 heavy (non-hydrogen) atoms. The van der Waals surface area contributed by atoms with Crippen molar-refractivity contribution in [2.75, 3.05) is 19.6 Å². The van der Waals surface area contributed by atoms with Crippen molar-refractivity contribution in [3.63, 3.8) is 0 Å². The summed E-state index contributed by atoms with van der Waals surface area (Å²) in [6.45, 7) is 2.62. The first-order valence-electron chi connectivity index (χ1n) is 7.62. The van der Waals surface area contributed by atoms with Crippen molar-refractivity contribution in [2.45, 2.75) is 31.3 Å². The lowest BCUT2D eigenvalue weighted by Crippen LogP contribution is -2.42. The molecule has 3 rings (SSSR count). The minimum Gasteiger partial charge on any atom is -0.348 e. The quantitative estimate of drug-likeness (QED) is 0.795. The molecule has 1 amide bonds. The largest absolute Gasteiger partial charge is 0.348 e. The van der Waals surface area contributed by atoms with Gasteiger partial charge in [-0.05, 0) is 44.0 Å². The Kier molecular flexibility index (Phi) is 4.23. The van der Waals surface area contributed by atoms with E-state index in [0.717, 1.165) is 18.5 Å². The van der Waals surface area contributed by atoms with Crippen LogP contribution in [-0.2, 0) is 0 Å². The predicted octanol–water partition coefficient (Wildman–Crippen LogP) is 0.963. The lowest BCUT2D eigenvalue weighted by molar-refractivity contribution is 0.0929. The summed E-state index contributed by atoms with van der Waals surface area (Å²) < 4.78 is 0. The van der Waals surface area contributed by atoms with Crippen molar-refractivity contribution in [1.29, 1.82) is 0 Å². The number of nitrogens with one attached hydrogen (secondary N) is 1. The Bertz CT molecular complexity index is 587. The fraction of sp³-hybridized carbons (Fsp3) is 0.471. The van der Waals surface area contributed by atoms with E-state index in [2.05, 4.69) is 22.1 Å². The summed E-state index contributed by atoms with van der Waals surface area (Å²) in [7, 11) is 0. The van der Waals surface area contributed by atoms with E-state index in [0.29, 0.717) is 24.2 Å². The summed E-state index contributed by atoms with van der Waals surface area (Å²) in [5.74, 6) is 5.79. The fourth-order valence-corrected chi connectivity index (χ4v) is 3.39. The minimum absolute atomic E-state index is 0.00477. The molecule has 2 saturated heterocycles. The molecule has 1 aromatic carbocycles. The molecule has 2 aliphatic rings. The van der Waals surface area contributed by atoms with Crippen LogP contribution in [0.2, 0.25) is 0 Å². The van der Waals surface area contributed by atoms with Crippen LogP contribution in [0.15, 0.2) is 24.3 Å². The first kappa shape index (κ1) is 14.1. The predicted molar refractivity (Wildman–Crippen MR) is 82.8 cm³/mol. The molecule has 0 saturated carbocycles. The highest BCUT2D eigenvalue weighted by Gasteiger charge is 2.37. The number of hydrogen-bond acceptors (Lipinski definition) is 3. The number of rotatable bonds is 2. The minimum atomic E-state index is 0.00477. The number of fused-ring (bicyclic) bond motifs is 1. The van der Waals surface area contributed by atoms with Gasteiger partial charge < -0.3 is 11.1 Å². The Labute approximate surface area is 125 Å². The third-order valence-corrected chi connectivity index (χ3v) is 4.38. The van der Waals surface area contributed by atoms with Gasteiger partial charge in [0.25, 0.3) is 5.91 Å². The van der Waals surface area contributed by atoms with Crippen molar-refractivity contribution < 1.29 is 4.79 Å². The molecule has 2 aliphatic heterocycles. The van der Waals surface area contributed by atoms with E-state index in [1.165, 1.54) is 19.4 Å². The van der Waals surface area contributed by atoms with E-state index < -0.39 is 0 Å². The second-order valence-electron chi connectivity index (χ2n) is 5.70. The Morgan fingerprint density at radius 2 is 2.29 bits per heavy atom. The molecule has 110 valence electrons. The highest BCUT2D eigenvalue weighted by atomic mass is 16.1. The lowest BCUT2D eigenvalue weighted by atomic mass is 10.1. The highest BCUT2D eigenvalue weighted by molar-refractivity contribution is 5.94. The Morgan fingerprint density at radius 1 is 1.38 bits per heavy atom. The van der Waals surface area contributed by atoms with Gasteiger partial charge in [-0.2, -0.15) is 0 Å². The molecule has 4 nitrogen and oxygen atoms in total. The maximum absolute atomic E-state index is 12.4. The maximum atomic E-state index is 12.4. The summed E-state index contributed by atoms with van der Waals surface area (Å²) in [5, 5.41) is 3.20. The van der Waals surface area contributed by atoms with Crippen molar-refractivity contribution in [1.82, 2.24) is 10.2 Å². The van der Waals surface area contributed by atoms with E-state index in [1.807, 2.05) is 24.3 Å². The third kappa shape index (κ3) is 3.10. The Hall–Kier alpha value is -1.83. The zero-order valence-corrected chi connectivity index (χ0v) is 12.1. The van der Waals surface area contributed by atoms with Crippen LogP contribution in [0.25, 0.3) is 0 Å². The van der Waals surface area contributed by atoms with Crippen LogP contribution in [0.3, 0.4) is 0 Å². The maximum Gasteiger partial charge on any atom is 0.251 e. The number of benzene rings is 1. The molecule has 2 heterocycles. The van der Waals surface area contributed by atoms with Crippen LogP contribution in [0.4, 0.5) is 0 Å². The van der Waals surface area contributed by atoms with Gasteiger partial charge >= 0.3 is 0 Å². The first-order chi connectivity index (χ1) is 10.3. The van der Waals surface area contributed by atoms with Gasteiger partial charge in [-0.15, -0.1) is 0 Å². The van der Waals surface area contributed by atoms with Gasteiger partial charge in [0.05, 0.1) is 6.54 Å². The van der Waals surface area contributed by atoms with E-state index in [1.54, 1.807) is 0 Å². The van der Waals surface area contributed by atoms with E-state index in [-0.39, 0.29) is 5.91 Å². The molecule has 0 aliphatic carbocycles. The molecule has 1 aromatic rings. The van der Waals surface area contributed by atoms with Gasteiger partial charge in [-0.25, -0.2) is 0 Å². The summed E-state index contributed by atoms with van der Waals surface area (Å²) >= 11 is 0. The summed E-state index contributed by atoms with van der Waals surface area (Å²) in [5.41, 5.74) is 6.89. The molecule has 3 N–H and O–H groups in total. The van der Waals surface area contributed by atoms with E-state index >= 15 is 0 Å². The van der Waals surface area contributed by atoms with Crippen molar-refractivity contribution >= 4 is 5.91 Å². The van der Waals surface area contributed by atoms with Gasteiger partial charge in [0.2, 0.25) is 0 Å². The molecule has 2 unspecified atom stereocenters. The first-order valence-corrected chi connectivity index (χ1v) is 7.62. The summed E-state index contributed by atoms with van der Waals surface area (Å²) in [6, 6.07) is 8.26. The molecule has 0 bridgehead atoms. The number of carbonyl (C=O) groups excluding carboxylic acids is 1. The summed E-state index contributed by atoms with van der Waals surface area (Å²) in [4.78, 5) is 14.9. The highest BCUT2D eigenvalue weighted by Crippen LogP contribution is 2.28. The molecule has 4 heteroatoms. The van der Waals surface area contributed by atoms with Crippen molar-refractivity contribution in [2.24, 2.45) is 5.73 Å². The van der Waals surface area contributed by atoms with Gasteiger partial charge in [0.1, 0.15) is 0 Å². The molecule has 2 atom stereocenters. The lowest BCUT2D eigenvalue weighted by Gasteiger charge is -2.21. The second kappa shape index (κ2) is 6.30. The molecule has 0 aromatic heterocycles. The van der Waals surface area contributed by atoms with Crippen LogP contribution in [-0.4, -0.2) is 42.5 Å². The average molecular weight is 283 g/mol. The third-order valence-electron chi connectivity index (χ3n) is 4.38. The number of carbonyl (C=O) groups is 1. The summed E-state index contributed by atoms with van der Waals surface area (Å²) in [6.07, 6.45) is 3.51. The molecule has 0 spiro atoms. The van der Waals surface area contributed by atoms with Crippen LogP contribution in [0.1, 0.15) is 35.2 Å². The van der Waals surface area contributed by atoms with E-state index in [4.69, 9.17) is 5.73 Å². The van der Waals surface area contributed by atoms with Gasteiger partial charge in [0.15, 0.2) is 0 Å². The van der Waals surface area contributed by atoms with Crippen LogP contribution >= 0.6 is 0 Å². The number of amides is 1. The zero-order chi connectivity index (χ0) is 14.7. The Morgan fingerprint density at radius 3 is 3.14 bits per heavy atom. The average Bonchev–Trinajstić information content (AvgIpc) is 3.10. The molecular weight excluding hydrogens is 262 g/mol. The number of nitrogens with zero attached hydrogens (tertiary/aromatic N) is 1. The molecule has 2 fully saturated rings. The zero-order valence-electron chi connectivity index (χ0n) is 12.1. The van der Waals surface area contributed by atoms with Crippen LogP contribution in [0, 0.1) is 11.8 Å². The van der Waals surface area contributed by atoms with Gasteiger partial charge in [-0.1, -0.05) is 17.9 Å². The monoisotopic (exact) mass is 283 g/mol. The number of hydrogen-bond donors (Lipinski definition) is 2. The second-order valence-corrected chi connectivity index (χ2v) is 5.70. The van der Waals surface area contributed by atoms with Crippen LogP contribution < -0.4 is 11.1 Å². The van der Waals surface area contributed by atoms with Crippen molar-refractivity contribution in [3.8, 4) is 11.8 Å². The number of nitrogens with two attached hydrogens (primary N) is 1. The van der Waals surface area contributed by atoms with Gasteiger partial charge in [0, 0.05) is 29.8 Å². The smallest absolute Gasteiger partial charge is 0.251 e. The normalized spacial score (nSPS) is 24.2. The molecular formula is C17H21N3O. The van der Waals surface area contributed by atoms with Crippen LogP contribution in [0.5, 0.6) is 0 Å². The van der Waals surface area contributed by atoms with Crippen molar-refractivity contribution in [3.05, 3.63) is 35.4 Å². The standard InChI is InChI=1S/C17H21N3O/c18-9-2-5-13-4-1-6-14(12-13)17(21)19-15-8-11-20-10-3-7-16(15)20/h1,4,6,12,15-16H,3,7-11,18H2,(H,19,21). The SMILES string of the molecule is NCC#Cc1cccc(C(=O)NC2CCN3CCCC23)c1. The van der Waals surface area contributed by atoms with Gasteiger partial charge in [-0.3, -0.25) is 9.69 Å². The van der Waals surface area contributed by atoms with E-state index in [9.17, 15) is 4.79 Å². The topological polar surface area (TPSA) is 58.4 Å². The fourth-order valence-electron chi connectivity index (χ4n) is 3.39. The molecule has 0 radical (unpaired) electrons.